The highest BCUT2D eigenvalue weighted by atomic mass is 16.6. The number of ether oxygens (including phenoxy) is 2. The molecule has 1 saturated heterocycles. The number of rotatable bonds is 9. The molecule has 1 unspecified atom stereocenters. The summed E-state index contributed by atoms with van der Waals surface area (Å²) in [6.45, 7) is 6.69. The van der Waals surface area contributed by atoms with E-state index in [1.165, 1.54) is 17.0 Å². The van der Waals surface area contributed by atoms with Crippen LogP contribution < -0.4 is 15.4 Å². The second-order valence-electron chi connectivity index (χ2n) is 10.3. The highest BCUT2D eigenvalue weighted by Gasteiger charge is 2.40. The molecule has 13 heteroatoms. The number of hydrogen-bond acceptors (Lipinski definition) is 9. The van der Waals surface area contributed by atoms with Crippen molar-refractivity contribution in [1.82, 2.24) is 30.5 Å². The number of carbonyl (C=O) groups is 4. The van der Waals surface area contributed by atoms with Gasteiger partial charge in [-0.3, -0.25) is 24.4 Å². The van der Waals surface area contributed by atoms with Crippen molar-refractivity contribution in [1.29, 1.82) is 0 Å². The topological polar surface area (TPSA) is 165 Å². The molecular formula is C25H32N6O7. The van der Waals surface area contributed by atoms with Crippen molar-refractivity contribution >= 4 is 23.8 Å². The largest absolute Gasteiger partial charge is 0.508 e. The van der Waals surface area contributed by atoms with E-state index >= 15 is 0 Å². The van der Waals surface area contributed by atoms with Crippen LogP contribution >= 0.6 is 0 Å². The molecule has 204 valence electrons. The van der Waals surface area contributed by atoms with Crippen LogP contribution in [0.4, 0.5) is 4.79 Å². The molecule has 0 radical (unpaired) electrons. The summed E-state index contributed by atoms with van der Waals surface area (Å²) in [7, 11) is 0. The highest BCUT2D eigenvalue weighted by Crippen LogP contribution is 2.37. The van der Waals surface area contributed by atoms with Crippen molar-refractivity contribution in [3.05, 3.63) is 35.2 Å². The minimum atomic E-state index is -0.762. The number of alkyl carbamates (subject to hydrolysis) is 1. The third kappa shape index (κ3) is 6.58. The van der Waals surface area contributed by atoms with E-state index in [0.717, 1.165) is 12.8 Å². The number of aromatic hydroxyl groups is 1. The molecule has 38 heavy (non-hydrogen) atoms. The van der Waals surface area contributed by atoms with Crippen molar-refractivity contribution < 1.29 is 33.8 Å². The summed E-state index contributed by atoms with van der Waals surface area (Å²) >= 11 is 0. The van der Waals surface area contributed by atoms with Gasteiger partial charge >= 0.3 is 6.09 Å². The zero-order valence-electron chi connectivity index (χ0n) is 21.7. The average molecular weight is 529 g/mol. The summed E-state index contributed by atoms with van der Waals surface area (Å²) in [6, 6.07) is 2.01. The number of amides is 4. The lowest BCUT2D eigenvalue weighted by Gasteiger charge is -2.29. The van der Waals surface area contributed by atoms with Gasteiger partial charge in [0.15, 0.2) is 0 Å². The van der Waals surface area contributed by atoms with Gasteiger partial charge in [0.05, 0.1) is 18.3 Å². The lowest BCUT2D eigenvalue weighted by atomic mass is 10.0. The SMILES string of the molecule is CC(C)(C)OC(=O)NCCCCn1cc(COc2cc(O)cc3c2CN(C2CCC(=O)NC2=O)C3=O)nn1. The second-order valence-corrected chi connectivity index (χ2v) is 10.3. The van der Waals surface area contributed by atoms with Gasteiger partial charge in [-0.2, -0.15) is 0 Å². The zero-order valence-corrected chi connectivity index (χ0v) is 21.7. The third-order valence-electron chi connectivity index (χ3n) is 6.04. The molecule has 3 N–H and O–H groups in total. The van der Waals surface area contributed by atoms with Gasteiger partial charge in [0.1, 0.15) is 35.4 Å². The van der Waals surface area contributed by atoms with Crippen LogP contribution in [0, 0.1) is 0 Å². The van der Waals surface area contributed by atoms with Gasteiger partial charge in [0.2, 0.25) is 11.8 Å². The van der Waals surface area contributed by atoms with Crippen molar-refractivity contribution in [3.8, 4) is 11.5 Å². The van der Waals surface area contributed by atoms with Crippen LogP contribution in [0.3, 0.4) is 0 Å². The molecule has 1 aromatic heterocycles. The Hall–Kier alpha value is -4.16. The van der Waals surface area contributed by atoms with Crippen LogP contribution in [-0.4, -0.2) is 67.0 Å². The monoisotopic (exact) mass is 528 g/mol. The Morgan fingerprint density at radius 1 is 1.24 bits per heavy atom. The van der Waals surface area contributed by atoms with E-state index in [1.807, 2.05) is 20.8 Å². The fraction of sp³-hybridized carbons (Fsp3) is 0.520. The first kappa shape index (κ1) is 26.9. The Labute approximate surface area is 219 Å². The second kappa shape index (κ2) is 11.1. The number of unbranched alkanes of at least 4 members (excludes halogenated alkanes) is 1. The van der Waals surface area contributed by atoms with E-state index in [1.54, 1.807) is 10.9 Å². The molecule has 0 aliphatic carbocycles. The number of imide groups is 1. The summed E-state index contributed by atoms with van der Waals surface area (Å²) in [5, 5.41) is 23.4. The Morgan fingerprint density at radius 3 is 2.76 bits per heavy atom. The number of nitrogens with zero attached hydrogens (tertiary/aromatic N) is 4. The number of fused-ring (bicyclic) bond motifs is 1. The molecule has 0 saturated carbocycles. The number of aryl methyl sites for hydroxylation is 1. The molecule has 13 nitrogen and oxygen atoms in total. The van der Waals surface area contributed by atoms with E-state index in [2.05, 4.69) is 20.9 Å². The van der Waals surface area contributed by atoms with Gasteiger partial charge in [-0.05, 0) is 46.1 Å². The Balaban J connectivity index is 1.29. The van der Waals surface area contributed by atoms with E-state index < -0.39 is 29.6 Å². The predicted octanol–water partition coefficient (Wildman–Crippen LogP) is 1.63. The number of benzene rings is 1. The normalized spacial score (nSPS) is 17.3. The minimum absolute atomic E-state index is 0.0582. The molecule has 2 aromatic rings. The predicted molar refractivity (Wildman–Crippen MR) is 132 cm³/mol. The number of phenols is 1. The molecule has 1 aromatic carbocycles. The molecular weight excluding hydrogens is 496 g/mol. The van der Waals surface area contributed by atoms with Crippen LogP contribution in [0.2, 0.25) is 0 Å². The van der Waals surface area contributed by atoms with Crippen LogP contribution in [0.15, 0.2) is 18.3 Å². The minimum Gasteiger partial charge on any atom is -0.508 e. The Kier molecular flexibility index (Phi) is 7.83. The first-order valence-electron chi connectivity index (χ1n) is 12.5. The van der Waals surface area contributed by atoms with E-state index in [0.29, 0.717) is 30.1 Å². The van der Waals surface area contributed by atoms with Crippen molar-refractivity contribution in [3.63, 3.8) is 0 Å². The van der Waals surface area contributed by atoms with Crippen molar-refractivity contribution in [2.24, 2.45) is 0 Å². The van der Waals surface area contributed by atoms with Gasteiger partial charge in [0, 0.05) is 31.1 Å². The molecule has 2 aliphatic rings. The number of carbonyl (C=O) groups excluding carboxylic acids is 4. The van der Waals surface area contributed by atoms with Crippen LogP contribution in [0.5, 0.6) is 11.5 Å². The first-order chi connectivity index (χ1) is 18.0. The van der Waals surface area contributed by atoms with Crippen LogP contribution in [0.1, 0.15) is 68.1 Å². The maximum absolute atomic E-state index is 13.0. The summed E-state index contributed by atoms with van der Waals surface area (Å²) < 4.78 is 12.8. The van der Waals surface area contributed by atoms with Gasteiger partial charge in [-0.1, -0.05) is 5.21 Å². The number of nitrogens with one attached hydrogen (secondary N) is 2. The molecule has 4 amide bonds. The van der Waals surface area contributed by atoms with Gasteiger partial charge in [-0.15, -0.1) is 5.10 Å². The Bertz CT molecular complexity index is 1240. The lowest BCUT2D eigenvalue weighted by Crippen LogP contribution is -2.52. The van der Waals surface area contributed by atoms with Crippen molar-refractivity contribution in [2.45, 2.75) is 77.8 Å². The number of hydrogen-bond donors (Lipinski definition) is 3. The summed E-state index contributed by atoms with van der Waals surface area (Å²) in [5.41, 5.74) is 0.834. The number of piperidine rings is 1. The molecule has 4 rings (SSSR count). The summed E-state index contributed by atoms with van der Waals surface area (Å²) in [6.07, 6.45) is 3.19. The standard InChI is InChI=1S/C25H32N6O7/c1-25(2,3)38-24(36)26-8-4-5-9-30-12-15(28-29-30)14-37-20-11-16(32)10-17-18(20)13-31(23(17)35)19-6-7-21(33)27-22(19)34/h10-12,19,32H,4-9,13-14H2,1-3H3,(H,26,36)(H,27,33,34). The Morgan fingerprint density at radius 2 is 2.03 bits per heavy atom. The van der Waals surface area contributed by atoms with Gasteiger partial charge in [-0.25, -0.2) is 4.79 Å². The fourth-order valence-electron chi connectivity index (χ4n) is 4.31. The maximum Gasteiger partial charge on any atom is 0.407 e. The van der Waals surface area contributed by atoms with E-state index in [4.69, 9.17) is 9.47 Å². The zero-order chi connectivity index (χ0) is 27.4. The lowest BCUT2D eigenvalue weighted by molar-refractivity contribution is -0.136. The smallest absolute Gasteiger partial charge is 0.407 e. The average Bonchev–Trinajstić information content (AvgIpc) is 3.41. The molecule has 0 spiro atoms. The highest BCUT2D eigenvalue weighted by molar-refractivity contribution is 6.05. The molecule has 1 atom stereocenters. The van der Waals surface area contributed by atoms with Crippen LogP contribution in [0.25, 0.3) is 0 Å². The third-order valence-corrected chi connectivity index (χ3v) is 6.04. The van der Waals surface area contributed by atoms with Gasteiger partial charge in [0.25, 0.3) is 5.91 Å². The van der Waals surface area contributed by atoms with E-state index in [-0.39, 0.29) is 43.2 Å². The summed E-state index contributed by atoms with van der Waals surface area (Å²) in [4.78, 5) is 49.8. The number of aromatic nitrogens is 3. The fourth-order valence-corrected chi connectivity index (χ4v) is 4.31. The molecule has 1 fully saturated rings. The molecule has 2 aliphatic heterocycles. The maximum atomic E-state index is 13.0. The van der Waals surface area contributed by atoms with Crippen LogP contribution in [-0.2, 0) is 34.0 Å². The molecule has 3 heterocycles. The first-order valence-corrected chi connectivity index (χ1v) is 12.5. The van der Waals surface area contributed by atoms with Crippen molar-refractivity contribution in [2.75, 3.05) is 6.54 Å². The quantitative estimate of drug-likeness (QED) is 0.324. The van der Waals surface area contributed by atoms with Gasteiger partial charge < -0.3 is 24.8 Å². The summed E-state index contributed by atoms with van der Waals surface area (Å²) in [5.74, 6) is -1.09. The number of phenolic OH excluding ortho intramolecular Hbond substituents is 1. The van der Waals surface area contributed by atoms with E-state index in [9.17, 15) is 24.3 Å². The molecule has 0 bridgehead atoms.